The lowest BCUT2D eigenvalue weighted by molar-refractivity contribution is -0.141. The first kappa shape index (κ1) is 27.1. The van der Waals surface area contributed by atoms with Crippen molar-refractivity contribution in [2.75, 3.05) is 6.54 Å². The number of amides is 2. The molecule has 4 nitrogen and oxygen atoms in total. The van der Waals surface area contributed by atoms with Crippen molar-refractivity contribution in [2.45, 2.75) is 45.7 Å². The fourth-order valence-electron chi connectivity index (χ4n) is 4.68. The SMILES string of the molecule is CC(C)CNC(=O)[C@H](Cc1ccccc1)N(Cc1ccccc1F)C(=O)CCc1cccc2ccccc12. The van der Waals surface area contributed by atoms with Crippen molar-refractivity contribution in [3.8, 4) is 0 Å². The van der Waals surface area contributed by atoms with Crippen molar-refractivity contribution in [2.24, 2.45) is 5.92 Å². The molecule has 0 saturated carbocycles. The number of halogens is 1. The second-order valence-electron chi connectivity index (χ2n) is 10.1. The van der Waals surface area contributed by atoms with Crippen molar-refractivity contribution in [1.82, 2.24) is 10.2 Å². The summed E-state index contributed by atoms with van der Waals surface area (Å²) in [5.74, 6) is -0.530. The van der Waals surface area contributed by atoms with E-state index in [9.17, 15) is 14.0 Å². The summed E-state index contributed by atoms with van der Waals surface area (Å²) < 4.78 is 14.7. The second kappa shape index (κ2) is 13.0. The van der Waals surface area contributed by atoms with Gasteiger partial charge >= 0.3 is 0 Å². The lowest BCUT2D eigenvalue weighted by Crippen LogP contribution is -2.51. The zero-order valence-electron chi connectivity index (χ0n) is 22.1. The molecule has 4 rings (SSSR count). The van der Waals surface area contributed by atoms with E-state index in [0.29, 0.717) is 24.9 Å². The third kappa shape index (κ3) is 7.06. The van der Waals surface area contributed by atoms with Crippen LogP contribution >= 0.6 is 0 Å². The van der Waals surface area contributed by atoms with Crippen LogP contribution in [-0.4, -0.2) is 29.3 Å². The maximum absolute atomic E-state index is 14.7. The summed E-state index contributed by atoms with van der Waals surface area (Å²) in [5, 5.41) is 5.24. The first-order valence-corrected chi connectivity index (χ1v) is 13.2. The lowest BCUT2D eigenvalue weighted by Gasteiger charge is -2.32. The van der Waals surface area contributed by atoms with E-state index in [0.717, 1.165) is 21.9 Å². The number of hydrogen-bond acceptors (Lipinski definition) is 2. The van der Waals surface area contributed by atoms with E-state index in [1.165, 1.54) is 6.07 Å². The molecule has 0 aliphatic heterocycles. The molecule has 1 atom stereocenters. The molecule has 0 heterocycles. The normalized spacial score (nSPS) is 11.9. The van der Waals surface area contributed by atoms with Gasteiger partial charge in [-0.2, -0.15) is 0 Å². The topological polar surface area (TPSA) is 49.4 Å². The van der Waals surface area contributed by atoms with Crippen LogP contribution < -0.4 is 5.32 Å². The smallest absolute Gasteiger partial charge is 0.243 e. The van der Waals surface area contributed by atoms with Gasteiger partial charge in [0.15, 0.2) is 0 Å². The Labute approximate surface area is 224 Å². The summed E-state index contributed by atoms with van der Waals surface area (Å²) in [7, 11) is 0. The van der Waals surface area contributed by atoms with Gasteiger partial charge in [0.25, 0.3) is 0 Å². The van der Waals surface area contributed by atoms with Crippen LogP contribution in [0.2, 0.25) is 0 Å². The highest BCUT2D eigenvalue weighted by atomic mass is 19.1. The van der Waals surface area contributed by atoms with Gasteiger partial charge in [0.1, 0.15) is 11.9 Å². The lowest BCUT2D eigenvalue weighted by atomic mass is 9.99. The van der Waals surface area contributed by atoms with Gasteiger partial charge in [-0.1, -0.05) is 105 Å². The molecule has 0 aliphatic rings. The molecule has 1 N–H and O–H groups in total. The first-order valence-electron chi connectivity index (χ1n) is 13.2. The molecular weight excluding hydrogens is 475 g/mol. The largest absolute Gasteiger partial charge is 0.354 e. The Morgan fingerprint density at radius 2 is 1.47 bits per heavy atom. The highest BCUT2D eigenvalue weighted by Gasteiger charge is 2.30. The average molecular weight is 511 g/mol. The van der Waals surface area contributed by atoms with Crippen molar-refractivity contribution in [3.63, 3.8) is 0 Å². The minimum atomic E-state index is -0.768. The van der Waals surface area contributed by atoms with E-state index in [-0.39, 0.29) is 36.5 Å². The van der Waals surface area contributed by atoms with Crippen LogP contribution in [0.25, 0.3) is 10.8 Å². The van der Waals surface area contributed by atoms with E-state index in [2.05, 4.69) is 23.5 Å². The Morgan fingerprint density at radius 3 is 2.24 bits per heavy atom. The molecular formula is C33H35FN2O2. The van der Waals surface area contributed by atoms with E-state index in [1.807, 2.05) is 68.4 Å². The Hall–Kier alpha value is -3.99. The molecule has 0 saturated heterocycles. The van der Waals surface area contributed by atoms with Crippen molar-refractivity contribution >= 4 is 22.6 Å². The van der Waals surface area contributed by atoms with E-state index >= 15 is 0 Å². The molecule has 0 bridgehead atoms. The Balaban J connectivity index is 1.64. The number of carbonyl (C=O) groups is 2. The molecule has 0 aliphatic carbocycles. The van der Waals surface area contributed by atoms with Crippen LogP contribution in [0.4, 0.5) is 4.39 Å². The van der Waals surface area contributed by atoms with Crippen molar-refractivity contribution < 1.29 is 14.0 Å². The minimum Gasteiger partial charge on any atom is -0.354 e. The number of nitrogens with one attached hydrogen (secondary N) is 1. The van der Waals surface area contributed by atoms with Gasteiger partial charge in [-0.05, 0) is 40.3 Å². The third-order valence-electron chi connectivity index (χ3n) is 6.74. The first-order chi connectivity index (χ1) is 18.4. The fraction of sp³-hybridized carbons (Fsp3) is 0.273. The minimum absolute atomic E-state index is 0.0215. The maximum atomic E-state index is 14.7. The summed E-state index contributed by atoms with van der Waals surface area (Å²) in [6.07, 6.45) is 1.09. The molecule has 0 fully saturated rings. The number of hydrogen-bond donors (Lipinski definition) is 1. The average Bonchev–Trinajstić information content (AvgIpc) is 2.93. The number of nitrogens with zero attached hydrogens (tertiary/aromatic N) is 1. The zero-order valence-corrected chi connectivity index (χ0v) is 22.1. The summed E-state index contributed by atoms with van der Waals surface area (Å²) in [6, 6.07) is 29.5. The number of aryl methyl sites for hydroxylation is 1. The number of carbonyl (C=O) groups excluding carboxylic acids is 2. The molecule has 0 unspecified atom stereocenters. The van der Waals surface area contributed by atoms with Crippen LogP contribution in [0, 0.1) is 11.7 Å². The molecule has 5 heteroatoms. The number of rotatable bonds is 11. The monoisotopic (exact) mass is 510 g/mol. The summed E-state index contributed by atoms with van der Waals surface area (Å²) in [6.45, 7) is 4.58. The van der Waals surface area contributed by atoms with Crippen LogP contribution in [0.3, 0.4) is 0 Å². The van der Waals surface area contributed by atoms with Gasteiger partial charge in [0.05, 0.1) is 0 Å². The fourth-order valence-corrected chi connectivity index (χ4v) is 4.68. The third-order valence-corrected chi connectivity index (χ3v) is 6.74. The van der Waals surface area contributed by atoms with Gasteiger partial charge < -0.3 is 10.2 Å². The molecule has 38 heavy (non-hydrogen) atoms. The second-order valence-corrected chi connectivity index (χ2v) is 10.1. The Morgan fingerprint density at radius 1 is 0.816 bits per heavy atom. The van der Waals surface area contributed by atoms with Crippen LogP contribution in [0.5, 0.6) is 0 Å². The summed E-state index contributed by atoms with van der Waals surface area (Å²) >= 11 is 0. The summed E-state index contributed by atoms with van der Waals surface area (Å²) in [5.41, 5.74) is 2.41. The highest BCUT2D eigenvalue weighted by Crippen LogP contribution is 2.22. The van der Waals surface area contributed by atoms with E-state index < -0.39 is 6.04 Å². The van der Waals surface area contributed by atoms with Crippen LogP contribution in [0.1, 0.15) is 37.0 Å². The maximum Gasteiger partial charge on any atom is 0.243 e. The Bertz CT molecular complexity index is 1360. The number of fused-ring (bicyclic) bond motifs is 1. The standard InChI is InChI=1S/C33H35FN2O2/c1-24(2)22-35-33(38)31(21-25-11-4-3-5-12-25)36(23-28-14-7-9-18-30(28)34)32(37)20-19-27-16-10-15-26-13-6-8-17-29(26)27/h3-18,24,31H,19-23H2,1-2H3,(H,35,38)/t31-/m0/s1. The zero-order chi connectivity index (χ0) is 26.9. The predicted molar refractivity (Wildman–Crippen MR) is 151 cm³/mol. The Kier molecular flexibility index (Phi) is 9.26. The molecule has 0 radical (unpaired) electrons. The molecule has 0 aromatic heterocycles. The van der Waals surface area contributed by atoms with Gasteiger partial charge in [0, 0.05) is 31.5 Å². The van der Waals surface area contributed by atoms with Gasteiger partial charge in [-0.15, -0.1) is 0 Å². The van der Waals surface area contributed by atoms with Crippen molar-refractivity contribution in [3.05, 3.63) is 120 Å². The quantitative estimate of drug-likeness (QED) is 0.257. The molecule has 4 aromatic rings. The molecule has 4 aromatic carbocycles. The van der Waals surface area contributed by atoms with Crippen molar-refractivity contribution in [1.29, 1.82) is 0 Å². The van der Waals surface area contributed by atoms with Gasteiger partial charge in [-0.3, -0.25) is 9.59 Å². The summed E-state index contributed by atoms with van der Waals surface area (Å²) in [4.78, 5) is 29.0. The number of benzene rings is 4. The van der Waals surface area contributed by atoms with Crippen LogP contribution in [0.15, 0.2) is 97.1 Å². The van der Waals surface area contributed by atoms with Gasteiger partial charge in [-0.25, -0.2) is 4.39 Å². The van der Waals surface area contributed by atoms with Gasteiger partial charge in [0.2, 0.25) is 11.8 Å². The molecule has 0 spiro atoms. The molecule has 2 amide bonds. The van der Waals surface area contributed by atoms with E-state index in [1.54, 1.807) is 23.1 Å². The molecule has 196 valence electrons. The van der Waals surface area contributed by atoms with Crippen LogP contribution in [-0.2, 0) is 29.0 Å². The highest BCUT2D eigenvalue weighted by molar-refractivity contribution is 5.89. The predicted octanol–water partition coefficient (Wildman–Crippen LogP) is 6.32. The van der Waals surface area contributed by atoms with E-state index in [4.69, 9.17) is 0 Å².